The van der Waals surface area contributed by atoms with Crippen molar-refractivity contribution in [2.45, 2.75) is 32.6 Å². The van der Waals surface area contributed by atoms with Crippen LogP contribution in [0.4, 0.5) is 0 Å². The predicted octanol–water partition coefficient (Wildman–Crippen LogP) is 4.86. The van der Waals surface area contributed by atoms with E-state index in [9.17, 15) is 4.79 Å². The van der Waals surface area contributed by atoms with Crippen molar-refractivity contribution in [3.63, 3.8) is 0 Å². The maximum Gasteiger partial charge on any atom is 0.337 e. The van der Waals surface area contributed by atoms with Crippen LogP contribution in [0, 0.1) is 0 Å². The first-order valence-corrected chi connectivity index (χ1v) is 7.63. The number of furan rings is 1. The summed E-state index contributed by atoms with van der Waals surface area (Å²) in [5, 5.41) is 0. The molecule has 1 heterocycles. The molecule has 1 aromatic carbocycles. The zero-order valence-electron chi connectivity index (χ0n) is 13.2. The van der Waals surface area contributed by atoms with Gasteiger partial charge in [0.05, 0.1) is 25.2 Å². The summed E-state index contributed by atoms with van der Waals surface area (Å²) in [6.07, 6.45) is 12.2. The van der Waals surface area contributed by atoms with Gasteiger partial charge in [-0.05, 0) is 24.1 Å². The van der Waals surface area contributed by atoms with Crippen molar-refractivity contribution in [3.05, 3.63) is 65.1 Å². The van der Waals surface area contributed by atoms with Crippen molar-refractivity contribution in [2.24, 2.45) is 0 Å². The number of allylic oxidation sites excluding steroid dienone is 1. The SMILES string of the molecule is CCCC/C=C/c1cocc1Cc1ccc(C(=O)OC)cc1. The Balaban J connectivity index is 2.03. The Kier molecular flexibility index (Phi) is 6.01. The van der Waals surface area contributed by atoms with E-state index >= 15 is 0 Å². The zero-order valence-corrected chi connectivity index (χ0v) is 13.2. The van der Waals surface area contributed by atoms with Gasteiger partial charge in [0.15, 0.2) is 0 Å². The van der Waals surface area contributed by atoms with Gasteiger partial charge in [0.1, 0.15) is 0 Å². The fraction of sp³-hybridized carbons (Fsp3) is 0.316. The molecular weight excluding hydrogens is 276 g/mol. The summed E-state index contributed by atoms with van der Waals surface area (Å²) in [6, 6.07) is 7.48. The molecule has 2 rings (SSSR count). The van der Waals surface area contributed by atoms with Crippen molar-refractivity contribution in [2.75, 3.05) is 7.11 Å². The number of ether oxygens (including phenoxy) is 1. The van der Waals surface area contributed by atoms with Gasteiger partial charge >= 0.3 is 5.97 Å². The highest BCUT2D eigenvalue weighted by molar-refractivity contribution is 5.89. The summed E-state index contributed by atoms with van der Waals surface area (Å²) in [5.41, 5.74) is 3.97. The summed E-state index contributed by atoms with van der Waals surface area (Å²) >= 11 is 0. The van der Waals surface area contributed by atoms with E-state index in [-0.39, 0.29) is 5.97 Å². The van der Waals surface area contributed by atoms with E-state index in [0.29, 0.717) is 5.56 Å². The quantitative estimate of drug-likeness (QED) is 0.541. The highest BCUT2D eigenvalue weighted by Crippen LogP contribution is 2.18. The van der Waals surface area contributed by atoms with Gasteiger partial charge in [0, 0.05) is 17.5 Å². The van der Waals surface area contributed by atoms with Gasteiger partial charge < -0.3 is 9.15 Å². The Morgan fingerprint density at radius 2 is 2.00 bits per heavy atom. The molecule has 0 amide bonds. The number of hydrogen-bond donors (Lipinski definition) is 0. The Labute approximate surface area is 131 Å². The lowest BCUT2D eigenvalue weighted by Gasteiger charge is -2.03. The number of unbranched alkanes of at least 4 members (excludes halogenated alkanes) is 2. The molecule has 0 spiro atoms. The number of carbonyl (C=O) groups is 1. The molecule has 0 unspecified atom stereocenters. The number of carbonyl (C=O) groups excluding carboxylic acids is 1. The van der Waals surface area contributed by atoms with E-state index in [1.807, 2.05) is 12.1 Å². The number of hydrogen-bond acceptors (Lipinski definition) is 3. The van der Waals surface area contributed by atoms with Crippen molar-refractivity contribution in [1.29, 1.82) is 0 Å². The first kappa shape index (κ1) is 16.1. The highest BCUT2D eigenvalue weighted by Gasteiger charge is 2.07. The van der Waals surface area contributed by atoms with E-state index in [0.717, 1.165) is 29.5 Å². The first-order valence-electron chi connectivity index (χ1n) is 7.63. The topological polar surface area (TPSA) is 39.4 Å². The van der Waals surface area contributed by atoms with Crippen LogP contribution in [-0.2, 0) is 11.2 Å². The van der Waals surface area contributed by atoms with Crippen LogP contribution in [0.2, 0.25) is 0 Å². The highest BCUT2D eigenvalue weighted by atomic mass is 16.5. The molecule has 0 aliphatic heterocycles. The maximum absolute atomic E-state index is 11.4. The Hall–Kier alpha value is -2.29. The lowest BCUT2D eigenvalue weighted by Crippen LogP contribution is -2.01. The number of esters is 1. The molecule has 0 radical (unpaired) electrons. The third kappa shape index (κ3) is 4.35. The molecule has 3 nitrogen and oxygen atoms in total. The van der Waals surface area contributed by atoms with Crippen LogP contribution >= 0.6 is 0 Å². The number of benzene rings is 1. The van der Waals surface area contributed by atoms with Crippen molar-refractivity contribution in [3.8, 4) is 0 Å². The molecule has 0 aliphatic rings. The predicted molar refractivity (Wildman–Crippen MR) is 87.9 cm³/mol. The summed E-state index contributed by atoms with van der Waals surface area (Å²) in [5.74, 6) is -0.311. The molecule has 0 saturated heterocycles. The van der Waals surface area contributed by atoms with Crippen LogP contribution in [0.1, 0.15) is 53.2 Å². The average molecular weight is 298 g/mol. The second-order valence-electron chi connectivity index (χ2n) is 5.26. The van der Waals surface area contributed by atoms with Gasteiger partial charge in [-0.3, -0.25) is 0 Å². The largest absolute Gasteiger partial charge is 0.472 e. The average Bonchev–Trinajstić information content (AvgIpc) is 2.98. The lowest BCUT2D eigenvalue weighted by molar-refractivity contribution is 0.0600. The van der Waals surface area contributed by atoms with Gasteiger partial charge in [-0.15, -0.1) is 0 Å². The fourth-order valence-corrected chi connectivity index (χ4v) is 2.25. The van der Waals surface area contributed by atoms with E-state index in [4.69, 9.17) is 9.15 Å². The second kappa shape index (κ2) is 8.23. The standard InChI is InChI=1S/C19H22O3/c1-3-4-5-6-7-17-13-22-14-18(17)12-15-8-10-16(11-9-15)19(20)21-2/h6-11,13-14H,3-5,12H2,1-2H3/b7-6+. The van der Waals surface area contributed by atoms with Crippen LogP contribution in [0.15, 0.2) is 47.3 Å². The summed E-state index contributed by atoms with van der Waals surface area (Å²) in [4.78, 5) is 11.4. The van der Waals surface area contributed by atoms with Crippen molar-refractivity contribution in [1.82, 2.24) is 0 Å². The summed E-state index contributed by atoms with van der Waals surface area (Å²) in [6.45, 7) is 2.19. The molecular formula is C19H22O3. The molecule has 0 N–H and O–H groups in total. The van der Waals surface area contributed by atoms with Crippen LogP contribution in [0.5, 0.6) is 0 Å². The third-order valence-corrected chi connectivity index (χ3v) is 3.57. The Morgan fingerprint density at radius 1 is 1.23 bits per heavy atom. The molecule has 0 bridgehead atoms. The van der Waals surface area contributed by atoms with Gasteiger partial charge in [-0.1, -0.05) is 44.1 Å². The van der Waals surface area contributed by atoms with Gasteiger partial charge in [0.25, 0.3) is 0 Å². The molecule has 2 aromatic rings. The van der Waals surface area contributed by atoms with Crippen molar-refractivity contribution < 1.29 is 13.9 Å². The van der Waals surface area contributed by atoms with Gasteiger partial charge in [0.2, 0.25) is 0 Å². The number of rotatable bonds is 7. The number of methoxy groups -OCH3 is 1. The van der Waals surface area contributed by atoms with Gasteiger partial charge in [-0.25, -0.2) is 4.79 Å². The minimum absolute atomic E-state index is 0.311. The van der Waals surface area contributed by atoms with Crippen LogP contribution in [0.25, 0.3) is 6.08 Å². The molecule has 1 aromatic heterocycles. The molecule has 116 valence electrons. The summed E-state index contributed by atoms with van der Waals surface area (Å²) in [7, 11) is 1.39. The summed E-state index contributed by atoms with van der Waals surface area (Å²) < 4.78 is 10.0. The normalized spacial score (nSPS) is 11.0. The molecule has 0 saturated carbocycles. The maximum atomic E-state index is 11.4. The van der Waals surface area contributed by atoms with E-state index in [1.165, 1.54) is 20.0 Å². The monoisotopic (exact) mass is 298 g/mol. The lowest BCUT2D eigenvalue weighted by atomic mass is 10.0. The van der Waals surface area contributed by atoms with Crippen molar-refractivity contribution >= 4 is 12.0 Å². The molecule has 0 atom stereocenters. The van der Waals surface area contributed by atoms with E-state index in [2.05, 4.69) is 19.1 Å². The van der Waals surface area contributed by atoms with E-state index < -0.39 is 0 Å². The second-order valence-corrected chi connectivity index (χ2v) is 5.26. The molecule has 0 fully saturated rings. The first-order chi connectivity index (χ1) is 10.7. The minimum atomic E-state index is -0.311. The molecule has 22 heavy (non-hydrogen) atoms. The zero-order chi connectivity index (χ0) is 15.8. The van der Waals surface area contributed by atoms with Crippen LogP contribution < -0.4 is 0 Å². The fourth-order valence-electron chi connectivity index (χ4n) is 2.25. The van der Waals surface area contributed by atoms with E-state index in [1.54, 1.807) is 24.7 Å². The molecule has 3 heteroatoms. The van der Waals surface area contributed by atoms with Gasteiger partial charge in [-0.2, -0.15) is 0 Å². The Morgan fingerprint density at radius 3 is 2.68 bits per heavy atom. The van der Waals surface area contributed by atoms with Crippen LogP contribution in [-0.4, -0.2) is 13.1 Å². The third-order valence-electron chi connectivity index (χ3n) is 3.57. The van der Waals surface area contributed by atoms with Crippen LogP contribution in [0.3, 0.4) is 0 Å². The minimum Gasteiger partial charge on any atom is -0.472 e. The Bertz CT molecular complexity index is 620. The smallest absolute Gasteiger partial charge is 0.337 e. The molecule has 0 aliphatic carbocycles.